The van der Waals surface area contributed by atoms with Crippen molar-refractivity contribution >= 4 is 23.3 Å². The van der Waals surface area contributed by atoms with Gasteiger partial charge in [-0.2, -0.15) is 0 Å². The van der Waals surface area contributed by atoms with Crippen molar-refractivity contribution in [3.8, 4) is 0 Å². The lowest BCUT2D eigenvalue weighted by atomic mass is 10.2. The molecule has 18 heavy (non-hydrogen) atoms. The Balaban J connectivity index is 2.32. The van der Waals surface area contributed by atoms with E-state index in [9.17, 15) is 4.79 Å². The van der Waals surface area contributed by atoms with Gasteiger partial charge in [-0.25, -0.2) is 9.97 Å². The van der Waals surface area contributed by atoms with Crippen LogP contribution in [0.1, 0.15) is 31.2 Å². The first-order valence-corrected chi connectivity index (χ1v) is 6.49. The van der Waals surface area contributed by atoms with Gasteiger partial charge in [-0.1, -0.05) is 24.4 Å². The molecule has 0 atom stereocenters. The molecule has 0 bridgehead atoms. The second-order valence-corrected chi connectivity index (χ2v) is 5.00. The van der Waals surface area contributed by atoms with Gasteiger partial charge in [-0.3, -0.25) is 4.79 Å². The number of nitrogens with zero attached hydrogens (tertiary/aromatic N) is 3. The number of amides is 1. The maximum atomic E-state index is 11.2. The first kappa shape index (κ1) is 13.1. The number of carbonyl (C=O) groups is 1. The van der Waals surface area contributed by atoms with Gasteiger partial charge in [-0.05, 0) is 19.8 Å². The Hall–Kier alpha value is -1.36. The van der Waals surface area contributed by atoms with Gasteiger partial charge in [0.25, 0.3) is 0 Å². The van der Waals surface area contributed by atoms with Crippen LogP contribution >= 0.6 is 11.6 Å². The number of nitrogens with two attached hydrogens (primary N) is 1. The van der Waals surface area contributed by atoms with E-state index >= 15 is 0 Å². The third-order valence-corrected chi connectivity index (χ3v) is 3.74. The van der Waals surface area contributed by atoms with E-state index in [-0.39, 0.29) is 12.5 Å². The largest absolute Gasteiger partial charge is 0.368 e. The predicted octanol–water partition coefficient (Wildman–Crippen LogP) is 1.67. The van der Waals surface area contributed by atoms with Gasteiger partial charge < -0.3 is 10.6 Å². The molecule has 1 saturated carbocycles. The number of carbonyl (C=O) groups excluding carboxylic acids is 1. The van der Waals surface area contributed by atoms with Crippen molar-refractivity contribution in [2.75, 3.05) is 11.4 Å². The minimum atomic E-state index is -0.351. The second-order valence-electron chi connectivity index (χ2n) is 4.65. The van der Waals surface area contributed by atoms with Gasteiger partial charge in [0, 0.05) is 11.6 Å². The molecule has 0 spiro atoms. The fourth-order valence-corrected chi connectivity index (χ4v) is 2.60. The third-order valence-electron chi connectivity index (χ3n) is 3.36. The molecule has 1 amide bonds. The summed E-state index contributed by atoms with van der Waals surface area (Å²) < 4.78 is 0. The quantitative estimate of drug-likeness (QED) is 0.843. The molecule has 5 nitrogen and oxygen atoms in total. The average Bonchev–Trinajstić information content (AvgIpc) is 2.83. The molecule has 6 heteroatoms. The molecular weight excluding hydrogens is 252 g/mol. The Kier molecular flexibility index (Phi) is 4.01. The van der Waals surface area contributed by atoms with Crippen LogP contribution in [0, 0.1) is 6.92 Å². The third kappa shape index (κ3) is 2.72. The lowest BCUT2D eigenvalue weighted by Crippen LogP contribution is -2.41. The van der Waals surface area contributed by atoms with Crippen LogP contribution in [0.25, 0.3) is 0 Å². The van der Waals surface area contributed by atoms with Gasteiger partial charge >= 0.3 is 0 Å². The van der Waals surface area contributed by atoms with E-state index < -0.39 is 0 Å². The highest BCUT2D eigenvalue weighted by molar-refractivity contribution is 6.30. The molecular formula is C12H17ClN4O. The number of anilines is 1. The van der Waals surface area contributed by atoms with Crippen LogP contribution in [0.5, 0.6) is 0 Å². The maximum absolute atomic E-state index is 11.2. The van der Waals surface area contributed by atoms with Crippen molar-refractivity contribution < 1.29 is 4.79 Å². The molecule has 1 fully saturated rings. The molecule has 1 aromatic rings. The SMILES string of the molecule is Cc1c(Cl)ncnc1N(CC(N)=O)C1CCCC1. The molecule has 1 heterocycles. The molecule has 2 N–H and O–H groups in total. The van der Waals surface area contributed by atoms with Crippen LogP contribution in [-0.4, -0.2) is 28.5 Å². The smallest absolute Gasteiger partial charge is 0.237 e. The van der Waals surface area contributed by atoms with Crippen molar-refractivity contribution in [2.45, 2.75) is 38.6 Å². The zero-order valence-electron chi connectivity index (χ0n) is 10.4. The fourth-order valence-electron chi connectivity index (χ4n) is 2.47. The van der Waals surface area contributed by atoms with Crippen LogP contribution in [0.3, 0.4) is 0 Å². The summed E-state index contributed by atoms with van der Waals surface area (Å²) in [5, 5.41) is 0.424. The molecule has 0 radical (unpaired) electrons. The van der Waals surface area contributed by atoms with Crippen LogP contribution in [-0.2, 0) is 4.79 Å². The highest BCUT2D eigenvalue weighted by Crippen LogP contribution is 2.30. The monoisotopic (exact) mass is 268 g/mol. The molecule has 0 saturated heterocycles. The zero-order valence-corrected chi connectivity index (χ0v) is 11.2. The van der Waals surface area contributed by atoms with Gasteiger partial charge in [0.05, 0.1) is 6.54 Å². The summed E-state index contributed by atoms with van der Waals surface area (Å²) in [6, 6.07) is 0.321. The topological polar surface area (TPSA) is 72.1 Å². The zero-order chi connectivity index (χ0) is 13.1. The standard InChI is InChI=1S/C12H17ClN4O/c1-8-11(13)15-7-16-12(8)17(6-10(14)18)9-4-2-3-5-9/h7,9H,2-6H2,1H3,(H2,14,18). The highest BCUT2D eigenvalue weighted by Gasteiger charge is 2.26. The molecule has 0 aliphatic heterocycles. The maximum Gasteiger partial charge on any atom is 0.237 e. The van der Waals surface area contributed by atoms with Crippen molar-refractivity contribution in [2.24, 2.45) is 5.73 Å². The molecule has 98 valence electrons. The van der Waals surface area contributed by atoms with E-state index in [0.717, 1.165) is 24.2 Å². The number of hydrogen-bond acceptors (Lipinski definition) is 4. The number of primary amides is 1. The first-order chi connectivity index (χ1) is 8.59. The fraction of sp³-hybridized carbons (Fsp3) is 0.583. The molecule has 0 unspecified atom stereocenters. The molecule has 1 aliphatic rings. The first-order valence-electron chi connectivity index (χ1n) is 6.11. The molecule has 1 aromatic heterocycles. The summed E-state index contributed by atoms with van der Waals surface area (Å²) >= 11 is 6.01. The Bertz CT molecular complexity index is 446. The average molecular weight is 269 g/mol. The minimum absolute atomic E-state index is 0.179. The molecule has 0 aromatic carbocycles. The van der Waals surface area contributed by atoms with E-state index in [0.29, 0.717) is 11.2 Å². The lowest BCUT2D eigenvalue weighted by molar-refractivity contribution is -0.116. The number of rotatable bonds is 4. The summed E-state index contributed by atoms with van der Waals surface area (Å²) in [5.41, 5.74) is 6.13. The molecule has 1 aliphatic carbocycles. The summed E-state index contributed by atoms with van der Waals surface area (Å²) in [4.78, 5) is 21.4. The summed E-state index contributed by atoms with van der Waals surface area (Å²) in [6.45, 7) is 2.04. The summed E-state index contributed by atoms with van der Waals surface area (Å²) in [5.74, 6) is 0.372. The van der Waals surface area contributed by atoms with Crippen LogP contribution in [0.4, 0.5) is 5.82 Å². The Morgan fingerprint density at radius 1 is 1.50 bits per heavy atom. The van der Waals surface area contributed by atoms with E-state index in [1.165, 1.54) is 19.2 Å². The van der Waals surface area contributed by atoms with Gasteiger partial charge in [-0.15, -0.1) is 0 Å². The van der Waals surface area contributed by atoms with E-state index in [1.54, 1.807) is 0 Å². The van der Waals surface area contributed by atoms with Gasteiger partial charge in [0.2, 0.25) is 5.91 Å². The minimum Gasteiger partial charge on any atom is -0.368 e. The van der Waals surface area contributed by atoms with Crippen molar-refractivity contribution in [1.82, 2.24) is 9.97 Å². The Morgan fingerprint density at radius 2 is 2.17 bits per heavy atom. The number of halogens is 1. The van der Waals surface area contributed by atoms with E-state index in [2.05, 4.69) is 9.97 Å². The normalized spacial score (nSPS) is 15.9. The lowest BCUT2D eigenvalue weighted by Gasteiger charge is -2.30. The van der Waals surface area contributed by atoms with Crippen LogP contribution < -0.4 is 10.6 Å². The van der Waals surface area contributed by atoms with Crippen molar-refractivity contribution in [1.29, 1.82) is 0 Å². The molecule has 2 rings (SSSR count). The summed E-state index contributed by atoms with van der Waals surface area (Å²) in [6.07, 6.45) is 5.91. The van der Waals surface area contributed by atoms with Gasteiger partial charge in [0.15, 0.2) is 0 Å². The van der Waals surface area contributed by atoms with E-state index in [1.807, 2.05) is 11.8 Å². The van der Waals surface area contributed by atoms with Crippen LogP contribution in [0.2, 0.25) is 5.15 Å². The van der Waals surface area contributed by atoms with Crippen molar-refractivity contribution in [3.05, 3.63) is 17.0 Å². The van der Waals surface area contributed by atoms with Crippen LogP contribution in [0.15, 0.2) is 6.33 Å². The Morgan fingerprint density at radius 3 is 2.78 bits per heavy atom. The Labute approximate surface area is 111 Å². The second kappa shape index (κ2) is 5.52. The number of hydrogen-bond donors (Lipinski definition) is 1. The van der Waals surface area contributed by atoms with Crippen molar-refractivity contribution in [3.63, 3.8) is 0 Å². The van der Waals surface area contributed by atoms with E-state index in [4.69, 9.17) is 17.3 Å². The van der Waals surface area contributed by atoms with Gasteiger partial charge in [0.1, 0.15) is 17.3 Å². The highest BCUT2D eigenvalue weighted by atomic mass is 35.5. The summed E-state index contributed by atoms with van der Waals surface area (Å²) in [7, 11) is 0. The predicted molar refractivity (Wildman–Crippen MR) is 70.6 cm³/mol. The number of aromatic nitrogens is 2.